The van der Waals surface area contributed by atoms with E-state index in [1.165, 1.54) is 9.13 Å². The molecule has 4 heteroatoms. The molecule has 1 N–H and O–H groups in total. The van der Waals surface area contributed by atoms with Gasteiger partial charge in [0.1, 0.15) is 0 Å². The van der Waals surface area contributed by atoms with E-state index in [9.17, 15) is 0 Å². The van der Waals surface area contributed by atoms with Crippen LogP contribution in [0.3, 0.4) is 0 Å². The minimum Gasteiger partial charge on any atom is -0.493 e. The molecule has 0 spiro atoms. The zero-order valence-electron chi connectivity index (χ0n) is 12.6. The van der Waals surface area contributed by atoms with Gasteiger partial charge in [0, 0.05) is 15.8 Å². The topological polar surface area (TPSA) is 30.5 Å². The summed E-state index contributed by atoms with van der Waals surface area (Å²) in [6.45, 7) is 5.47. The summed E-state index contributed by atoms with van der Waals surface area (Å²) in [6, 6.07) is 12.4. The minimum absolute atomic E-state index is 0.635. The molecule has 21 heavy (non-hydrogen) atoms. The smallest absolute Gasteiger partial charge is 0.161 e. The Kier molecular flexibility index (Phi) is 5.73. The predicted octanol–water partition coefficient (Wildman–Crippen LogP) is 4.62. The Morgan fingerprint density at radius 2 is 1.90 bits per heavy atom. The van der Waals surface area contributed by atoms with Gasteiger partial charge in [-0.25, -0.2) is 0 Å². The van der Waals surface area contributed by atoms with Gasteiger partial charge >= 0.3 is 0 Å². The first-order valence-electron chi connectivity index (χ1n) is 6.93. The van der Waals surface area contributed by atoms with Crippen molar-refractivity contribution in [1.29, 1.82) is 0 Å². The van der Waals surface area contributed by atoms with Crippen LogP contribution in [0, 0.1) is 10.5 Å². The number of anilines is 1. The highest BCUT2D eigenvalue weighted by molar-refractivity contribution is 14.1. The third-order valence-corrected chi connectivity index (χ3v) is 4.36. The summed E-state index contributed by atoms with van der Waals surface area (Å²) in [4.78, 5) is 0. The largest absolute Gasteiger partial charge is 0.493 e. The lowest BCUT2D eigenvalue weighted by Gasteiger charge is -2.12. The zero-order chi connectivity index (χ0) is 15.2. The van der Waals surface area contributed by atoms with Crippen LogP contribution >= 0.6 is 22.6 Å². The summed E-state index contributed by atoms with van der Waals surface area (Å²) in [5.74, 6) is 1.56. The van der Waals surface area contributed by atoms with Crippen LogP contribution in [0.2, 0.25) is 0 Å². The molecule has 0 aliphatic carbocycles. The molecule has 0 aliphatic rings. The molecule has 0 saturated heterocycles. The molecule has 0 atom stereocenters. The van der Waals surface area contributed by atoms with Gasteiger partial charge in [0.15, 0.2) is 11.5 Å². The predicted molar refractivity (Wildman–Crippen MR) is 95.4 cm³/mol. The Balaban J connectivity index is 2.07. The molecule has 0 amide bonds. The summed E-state index contributed by atoms with van der Waals surface area (Å²) in [5.41, 5.74) is 3.58. The Morgan fingerprint density at radius 1 is 1.10 bits per heavy atom. The number of nitrogens with one attached hydrogen (secondary N) is 1. The van der Waals surface area contributed by atoms with Gasteiger partial charge in [-0.3, -0.25) is 0 Å². The summed E-state index contributed by atoms with van der Waals surface area (Å²) in [7, 11) is 1.66. The summed E-state index contributed by atoms with van der Waals surface area (Å²) in [5, 5.41) is 3.43. The maximum atomic E-state index is 5.53. The number of aryl methyl sites for hydroxylation is 1. The average molecular weight is 397 g/mol. The van der Waals surface area contributed by atoms with Crippen LogP contribution in [0.25, 0.3) is 0 Å². The van der Waals surface area contributed by atoms with Crippen molar-refractivity contribution in [2.75, 3.05) is 19.0 Å². The molecule has 3 nitrogen and oxygen atoms in total. The lowest BCUT2D eigenvalue weighted by molar-refractivity contribution is 0.310. The number of hydrogen-bond acceptors (Lipinski definition) is 3. The first-order chi connectivity index (χ1) is 10.1. The van der Waals surface area contributed by atoms with E-state index in [0.717, 1.165) is 29.3 Å². The number of hydrogen-bond donors (Lipinski definition) is 1. The first kappa shape index (κ1) is 15.9. The lowest BCUT2D eigenvalue weighted by atomic mass is 10.2. The fraction of sp³-hybridized carbons (Fsp3) is 0.294. The van der Waals surface area contributed by atoms with Gasteiger partial charge in [0.25, 0.3) is 0 Å². The lowest BCUT2D eigenvalue weighted by Crippen LogP contribution is -2.01. The summed E-state index contributed by atoms with van der Waals surface area (Å²) >= 11 is 2.35. The minimum atomic E-state index is 0.635. The molecule has 0 radical (unpaired) electrons. The second-order valence-electron chi connectivity index (χ2n) is 4.74. The van der Waals surface area contributed by atoms with E-state index in [1.54, 1.807) is 7.11 Å². The third kappa shape index (κ3) is 4.27. The van der Waals surface area contributed by atoms with Crippen molar-refractivity contribution in [1.82, 2.24) is 0 Å². The van der Waals surface area contributed by atoms with Gasteiger partial charge in [-0.05, 0) is 71.8 Å². The van der Waals surface area contributed by atoms with E-state index in [0.29, 0.717) is 6.61 Å². The Labute approximate surface area is 139 Å². The third-order valence-electron chi connectivity index (χ3n) is 3.20. The quantitative estimate of drug-likeness (QED) is 0.722. The van der Waals surface area contributed by atoms with Crippen LogP contribution in [0.5, 0.6) is 11.5 Å². The van der Waals surface area contributed by atoms with E-state index >= 15 is 0 Å². The Morgan fingerprint density at radius 3 is 2.57 bits per heavy atom. The highest BCUT2D eigenvalue weighted by atomic mass is 127. The molecule has 2 aromatic carbocycles. The summed E-state index contributed by atoms with van der Waals surface area (Å²) < 4.78 is 12.2. The Hall–Kier alpha value is -1.43. The van der Waals surface area contributed by atoms with E-state index < -0.39 is 0 Å². The molecule has 0 saturated carbocycles. The van der Waals surface area contributed by atoms with Crippen LogP contribution in [0.15, 0.2) is 36.4 Å². The number of ether oxygens (including phenoxy) is 2. The second kappa shape index (κ2) is 7.54. The molecule has 0 fully saturated rings. The molecular formula is C17H20INO2. The number of methoxy groups -OCH3 is 1. The number of halogens is 1. The van der Waals surface area contributed by atoms with Crippen LogP contribution in [-0.2, 0) is 6.54 Å². The maximum Gasteiger partial charge on any atom is 0.161 e. The first-order valence-corrected chi connectivity index (χ1v) is 8.01. The fourth-order valence-electron chi connectivity index (χ4n) is 2.00. The van der Waals surface area contributed by atoms with Crippen molar-refractivity contribution in [2.24, 2.45) is 0 Å². The molecule has 2 aromatic rings. The number of rotatable bonds is 6. The Bertz CT molecular complexity index is 614. The van der Waals surface area contributed by atoms with Crippen molar-refractivity contribution in [2.45, 2.75) is 20.4 Å². The van der Waals surface area contributed by atoms with Gasteiger partial charge in [0.2, 0.25) is 0 Å². The van der Waals surface area contributed by atoms with Crippen molar-refractivity contribution >= 4 is 28.3 Å². The van der Waals surface area contributed by atoms with Gasteiger partial charge in [0.05, 0.1) is 13.7 Å². The SMILES string of the molecule is CCOc1ccc(CNc2ccc(C)c(I)c2)cc1OC. The van der Waals surface area contributed by atoms with Crippen LogP contribution in [0.1, 0.15) is 18.1 Å². The molecule has 112 valence electrons. The van der Waals surface area contributed by atoms with Crippen molar-refractivity contribution < 1.29 is 9.47 Å². The highest BCUT2D eigenvalue weighted by Gasteiger charge is 2.05. The van der Waals surface area contributed by atoms with E-state index in [2.05, 4.69) is 59.1 Å². The van der Waals surface area contributed by atoms with Gasteiger partial charge < -0.3 is 14.8 Å². The van der Waals surface area contributed by atoms with E-state index in [-0.39, 0.29) is 0 Å². The van der Waals surface area contributed by atoms with Gasteiger partial charge in [-0.15, -0.1) is 0 Å². The second-order valence-corrected chi connectivity index (χ2v) is 5.90. The van der Waals surface area contributed by atoms with E-state index in [4.69, 9.17) is 9.47 Å². The van der Waals surface area contributed by atoms with Crippen molar-refractivity contribution in [3.8, 4) is 11.5 Å². The monoisotopic (exact) mass is 397 g/mol. The maximum absolute atomic E-state index is 5.53. The van der Waals surface area contributed by atoms with E-state index in [1.807, 2.05) is 19.1 Å². The van der Waals surface area contributed by atoms with Crippen LogP contribution in [-0.4, -0.2) is 13.7 Å². The molecule has 0 heterocycles. The van der Waals surface area contributed by atoms with Gasteiger partial charge in [-0.1, -0.05) is 12.1 Å². The average Bonchev–Trinajstić information content (AvgIpc) is 2.49. The molecule has 0 aromatic heterocycles. The standard InChI is InChI=1S/C17H20INO2/c1-4-21-16-8-6-13(9-17(16)20-3)11-19-14-7-5-12(2)15(18)10-14/h5-10,19H,4,11H2,1-3H3. The normalized spacial score (nSPS) is 10.3. The zero-order valence-corrected chi connectivity index (χ0v) is 14.7. The van der Waals surface area contributed by atoms with Gasteiger partial charge in [-0.2, -0.15) is 0 Å². The van der Waals surface area contributed by atoms with Crippen LogP contribution in [0.4, 0.5) is 5.69 Å². The molecular weight excluding hydrogens is 377 g/mol. The van der Waals surface area contributed by atoms with Crippen LogP contribution < -0.4 is 14.8 Å². The number of benzene rings is 2. The van der Waals surface area contributed by atoms with Crippen molar-refractivity contribution in [3.63, 3.8) is 0 Å². The molecule has 0 bridgehead atoms. The molecule has 0 aliphatic heterocycles. The highest BCUT2D eigenvalue weighted by Crippen LogP contribution is 2.28. The molecule has 0 unspecified atom stereocenters. The fourth-order valence-corrected chi connectivity index (χ4v) is 2.52. The molecule has 2 rings (SSSR count). The summed E-state index contributed by atoms with van der Waals surface area (Å²) in [6.07, 6.45) is 0. The van der Waals surface area contributed by atoms with Crippen molar-refractivity contribution in [3.05, 3.63) is 51.1 Å².